The van der Waals surface area contributed by atoms with Crippen LogP contribution in [0.2, 0.25) is 0 Å². The van der Waals surface area contributed by atoms with Crippen LogP contribution in [0.5, 0.6) is 0 Å². The average Bonchev–Trinajstić information content (AvgIpc) is 2.75. The molecule has 0 bridgehead atoms. The molecule has 0 aliphatic carbocycles. The summed E-state index contributed by atoms with van der Waals surface area (Å²) in [5.74, 6) is 0.632. The molecule has 19 heavy (non-hydrogen) atoms. The van der Waals surface area contributed by atoms with Crippen LogP contribution in [0.25, 0.3) is 0 Å². The van der Waals surface area contributed by atoms with Gasteiger partial charge in [-0.3, -0.25) is 9.69 Å². The molecular formula is C13H24N4O2. The van der Waals surface area contributed by atoms with Crippen LogP contribution in [0.4, 0.5) is 4.79 Å². The van der Waals surface area contributed by atoms with E-state index in [4.69, 9.17) is 0 Å². The Morgan fingerprint density at radius 3 is 2.63 bits per heavy atom. The van der Waals surface area contributed by atoms with Gasteiger partial charge in [-0.1, -0.05) is 6.92 Å². The Kier molecular flexibility index (Phi) is 5.15. The minimum Gasteiger partial charge on any atom is -0.329 e. The van der Waals surface area contributed by atoms with E-state index < -0.39 is 0 Å². The summed E-state index contributed by atoms with van der Waals surface area (Å²) < 4.78 is 0. The molecule has 2 aliphatic rings. The van der Waals surface area contributed by atoms with Crippen LogP contribution in [0.3, 0.4) is 0 Å². The lowest BCUT2D eigenvalue weighted by Crippen LogP contribution is -2.41. The second-order valence-corrected chi connectivity index (χ2v) is 5.29. The second kappa shape index (κ2) is 6.86. The number of hydrogen-bond acceptors (Lipinski definition) is 4. The van der Waals surface area contributed by atoms with Crippen LogP contribution in [0, 0.1) is 5.92 Å². The van der Waals surface area contributed by atoms with Crippen LogP contribution in [0.15, 0.2) is 0 Å². The first kappa shape index (κ1) is 14.3. The van der Waals surface area contributed by atoms with Crippen LogP contribution < -0.4 is 10.6 Å². The minimum absolute atomic E-state index is 0.108. The third-order valence-corrected chi connectivity index (χ3v) is 4.00. The highest BCUT2D eigenvalue weighted by Gasteiger charge is 2.28. The first-order chi connectivity index (χ1) is 9.20. The van der Waals surface area contributed by atoms with Gasteiger partial charge < -0.3 is 15.5 Å². The van der Waals surface area contributed by atoms with Gasteiger partial charge in [0.05, 0.1) is 6.54 Å². The molecule has 0 atom stereocenters. The lowest BCUT2D eigenvalue weighted by molar-refractivity contribution is -0.125. The molecule has 0 radical (unpaired) electrons. The van der Waals surface area contributed by atoms with E-state index in [0.29, 0.717) is 6.54 Å². The Bertz CT molecular complexity index is 313. The highest BCUT2D eigenvalue weighted by Crippen LogP contribution is 2.13. The van der Waals surface area contributed by atoms with Crippen LogP contribution in [-0.4, -0.2) is 67.6 Å². The highest BCUT2D eigenvalue weighted by atomic mass is 16.2. The number of rotatable bonds is 6. The lowest BCUT2D eigenvalue weighted by Gasteiger charge is -2.30. The first-order valence-electron chi connectivity index (χ1n) is 7.22. The van der Waals surface area contributed by atoms with Crippen molar-refractivity contribution in [1.82, 2.24) is 20.4 Å². The number of likely N-dealkylation sites (N-methyl/N-ethyl adjacent to an activating group) is 1. The first-order valence-corrected chi connectivity index (χ1v) is 7.22. The van der Waals surface area contributed by atoms with Gasteiger partial charge in [-0.2, -0.15) is 0 Å². The van der Waals surface area contributed by atoms with Gasteiger partial charge in [-0.05, 0) is 38.4 Å². The molecular weight excluding hydrogens is 244 g/mol. The molecule has 3 amide bonds. The summed E-state index contributed by atoms with van der Waals surface area (Å²) in [7, 11) is 0. The van der Waals surface area contributed by atoms with Gasteiger partial charge >= 0.3 is 6.03 Å². The van der Waals surface area contributed by atoms with Crippen molar-refractivity contribution in [2.75, 3.05) is 45.8 Å². The number of amides is 3. The molecule has 6 nitrogen and oxygen atoms in total. The number of urea groups is 1. The molecule has 108 valence electrons. The summed E-state index contributed by atoms with van der Waals surface area (Å²) in [6.07, 6.45) is 2.44. The normalized spacial score (nSPS) is 21.3. The van der Waals surface area contributed by atoms with Crippen LogP contribution in [-0.2, 0) is 4.79 Å². The molecule has 0 aromatic carbocycles. The summed E-state index contributed by atoms with van der Waals surface area (Å²) >= 11 is 0. The van der Waals surface area contributed by atoms with Crippen molar-refractivity contribution in [2.24, 2.45) is 5.92 Å². The fourth-order valence-corrected chi connectivity index (χ4v) is 2.73. The molecule has 2 fully saturated rings. The quantitative estimate of drug-likeness (QED) is 0.658. The summed E-state index contributed by atoms with van der Waals surface area (Å²) in [5.41, 5.74) is 0. The molecule has 0 spiro atoms. The molecule has 2 aliphatic heterocycles. The molecule has 0 unspecified atom stereocenters. The topological polar surface area (TPSA) is 64.7 Å². The standard InChI is InChI=1S/C13H24N4O2/c1-2-16(10-11-3-5-14-6-4-11)7-8-17-12(18)9-15-13(17)19/h11,14H,2-10H2,1H3,(H,15,19). The third-order valence-electron chi connectivity index (χ3n) is 4.00. The fourth-order valence-electron chi connectivity index (χ4n) is 2.73. The van der Waals surface area contributed by atoms with E-state index in [1.807, 2.05) is 0 Å². The summed E-state index contributed by atoms with van der Waals surface area (Å²) in [6, 6.07) is -0.247. The summed E-state index contributed by atoms with van der Waals surface area (Å²) in [5, 5.41) is 5.92. The highest BCUT2D eigenvalue weighted by molar-refractivity contribution is 6.01. The van der Waals surface area contributed by atoms with Crippen molar-refractivity contribution < 1.29 is 9.59 Å². The molecule has 0 saturated carbocycles. The maximum Gasteiger partial charge on any atom is 0.324 e. The number of piperidine rings is 1. The van der Waals surface area contributed by atoms with E-state index in [0.717, 1.165) is 38.6 Å². The largest absolute Gasteiger partial charge is 0.329 e. The Morgan fingerprint density at radius 2 is 2.05 bits per heavy atom. The zero-order chi connectivity index (χ0) is 13.7. The van der Waals surface area contributed by atoms with E-state index >= 15 is 0 Å². The van der Waals surface area contributed by atoms with Crippen LogP contribution in [0.1, 0.15) is 19.8 Å². The van der Waals surface area contributed by atoms with Gasteiger partial charge in [-0.25, -0.2) is 4.79 Å². The third kappa shape index (κ3) is 3.91. The SMILES string of the molecule is CCN(CCN1C(=O)CNC1=O)CC1CCNCC1. The molecule has 6 heteroatoms. The zero-order valence-electron chi connectivity index (χ0n) is 11.7. The van der Waals surface area contributed by atoms with Gasteiger partial charge in [0.1, 0.15) is 0 Å². The van der Waals surface area contributed by atoms with Crippen LogP contribution >= 0.6 is 0 Å². The lowest BCUT2D eigenvalue weighted by atomic mass is 9.97. The average molecular weight is 268 g/mol. The molecule has 2 heterocycles. The molecule has 2 rings (SSSR count). The number of nitrogens with one attached hydrogen (secondary N) is 2. The van der Waals surface area contributed by atoms with Gasteiger partial charge in [0, 0.05) is 19.6 Å². The van der Waals surface area contributed by atoms with Gasteiger partial charge in [0.25, 0.3) is 0 Å². The summed E-state index contributed by atoms with van der Waals surface area (Å²) in [4.78, 5) is 26.6. The predicted octanol–water partition coefficient (Wildman–Crippen LogP) is -0.140. The van der Waals surface area contributed by atoms with Crippen molar-refractivity contribution in [2.45, 2.75) is 19.8 Å². The molecule has 2 N–H and O–H groups in total. The maximum absolute atomic E-state index is 11.5. The second-order valence-electron chi connectivity index (χ2n) is 5.29. The van der Waals surface area contributed by atoms with Crippen molar-refractivity contribution >= 4 is 11.9 Å². The van der Waals surface area contributed by atoms with Crippen molar-refractivity contribution in [1.29, 1.82) is 0 Å². The summed E-state index contributed by atoms with van der Waals surface area (Å²) in [6.45, 7) is 7.81. The van der Waals surface area contributed by atoms with Crippen molar-refractivity contribution in [3.8, 4) is 0 Å². The monoisotopic (exact) mass is 268 g/mol. The van der Waals surface area contributed by atoms with Crippen molar-refractivity contribution in [3.05, 3.63) is 0 Å². The number of carbonyl (C=O) groups excluding carboxylic acids is 2. The maximum atomic E-state index is 11.5. The van der Waals surface area contributed by atoms with E-state index in [-0.39, 0.29) is 18.5 Å². The fraction of sp³-hybridized carbons (Fsp3) is 0.846. The van der Waals surface area contributed by atoms with Crippen molar-refractivity contribution in [3.63, 3.8) is 0 Å². The molecule has 0 aromatic heterocycles. The Balaban J connectivity index is 1.75. The number of hydrogen-bond donors (Lipinski definition) is 2. The van der Waals surface area contributed by atoms with E-state index in [2.05, 4.69) is 22.5 Å². The number of nitrogens with zero attached hydrogens (tertiary/aromatic N) is 2. The molecule has 2 saturated heterocycles. The zero-order valence-corrected chi connectivity index (χ0v) is 11.7. The Morgan fingerprint density at radius 1 is 1.32 bits per heavy atom. The van der Waals surface area contributed by atoms with Gasteiger partial charge in [-0.15, -0.1) is 0 Å². The smallest absolute Gasteiger partial charge is 0.324 e. The van der Waals surface area contributed by atoms with E-state index in [9.17, 15) is 9.59 Å². The minimum atomic E-state index is -0.247. The number of carbonyl (C=O) groups is 2. The van der Waals surface area contributed by atoms with E-state index in [1.54, 1.807) is 0 Å². The van der Waals surface area contributed by atoms with Gasteiger partial charge in [0.15, 0.2) is 0 Å². The van der Waals surface area contributed by atoms with Gasteiger partial charge in [0.2, 0.25) is 5.91 Å². The Labute approximate surface area is 114 Å². The van der Waals surface area contributed by atoms with E-state index in [1.165, 1.54) is 17.7 Å². The Hall–Kier alpha value is -1.14. The number of imide groups is 1. The predicted molar refractivity (Wildman–Crippen MR) is 72.8 cm³/mol. The molecule has 0 aromatic rings.